The maximum absolute atomic E-state index is 10.3. The molecule has 0 aliphatic rings. The first-order valence-electron chi connectivity index (χ1n) is 11.2. The van der Waals surface area contributed by atoms with Gasteiger partial charge in [-0.25, -0.2) is 4.18 Å². The van der Waals surface area contributed by atoms with E-state index in [0.717, 1.165) is 12.8 Å². The lowest BCUT2D eigenvalue weighted by atomic mass is 10.1. The molecule has 0 spiro atoms. The van der Waals surface area contributed by atoms with E-state index in [2.05, 4.69) is 23.3 Å². The second-order valence-corrected chi connectivity index (χ2v) is 8.39. The average Bonchev–Trinajstić information content (AvgIpc) is 2.62. The van der Waals surface area contributed by atoms with E-state index in [1.165, 1.54) is 90.0 Å². The highest BCUT2D eigenvalue weighted by Crippen LogP contribution is 2.12. The van der Waals surface area contributed by atoms with Gasteiger partial charge < -0.3 is 5.32 Å². The van der Waals surface area contributed by atoms with Gasteiger partial charge in [0.2, 0.25) is 0 Å². The Morgan fingerprint density at radius 3 is 1.41 bits per heavy atom. The molecular weight excluding hydrogens is 362 g/mol. The molecule has 0 aliphatic heterocycles. The number of unbranched alkanes of at least 4 members (excludes halogenated alkanes) is 14. The first kappa shape index (κ1) is 29.0. The Kier molecular flexibility index (Phi) is 25.7. The molecule has 0 bridgehead atoms. The van der Waals surface area contributed by atoms with E-state index in [4.69, 9.17) is 4.55 Å². The van der Waals surface area contributed by atoms with E-state index < -0.39 is 10.4 Å². The summed E-state index contributed by atoms with van der Waals surface area (Å²) in [7, 11) is -2.23. The van der Waals surface area contributed by atoms with Gasteiger partial charge in [0.15, 0.2) is 0 Å². The lowest BCUT2D eigenvalue weighted by Gasteiger charge is -2.02. The average molecular weight is 410 g/mol. The monoisotopic (exact) mass is 409 g/mol. The molecule has 5 nitrogen and oxygen atoms in total. The van der Waals surface area contributed by atoms with E-state index in [1.807, 2.05) is 7.05 Å². The highest BCUT2D eigenvalue weighted by Gasteiger charge is 2.02. The van der Waals surface area contributed by atoms with Crippen molar-refractivity contribution in [1.82, 2.24) is 5.32 Å². The molecule has 0 unspecified atom stereocenters. The van der Waals surface area contributed by atoms with Gasteiger partial charge in [-0.05, 0) is 26.4 Å². The summed E-state index contributed by atoms with van der Waals surface area (Å²) in [5, 5.41) is 3.13. The summed E-state index contributed by atoms with van der Waals surface area (Å²) in [5.74, 6) is 0. The van der Waals surface area contributed by atoms with Crippen LogP contribution in [0.5, 0.6) is 0 Å². The van der Waals surface area contributed by atoms with Gasteiger partial charge in [-0.1, -0.05) is 104 Å². The van der Waals surface area contributed by atoms with Crippen LogP contribution in [0.1, 0.15) is 117 Å². The molecule has 0 aromatic carbocycles. The standard InChI is InChI=1S/C14H30O4S.C7H17N/c1-2-3-4-5-6-7-8-9-10-11-12-13-14-18-19(15,16)17;1-3-4-5-6-7-8-2/h2-14H2,1H3,(H,15,16,17);8H,3-7H2,1-2H3. The molecular formula is C21H47NO4S. The van der Waals surface area contributed by atoms with Gasteiger partial charge in [-0.15, -0.1) is 0 Å². The van der Waals surface area contributed by atoms with Crippen LogP contribution in [0.25, 0.3) is 0 Å². The molecule has 0 fully saturated rings. The van der Waals surface area contributed by atoms with Gasteiger partial charge >= 0.3 is 10.4 Å². The lowest BCUT2D eigenvalue weighted by molar-refractivity contribution is 0.261. The minimum atomic E-state index is -4.24. The van der Waals surface area contributed by atoms with Gasteiger partial charge in [0, 0.05) is 0 Å². The molecule has 0 aromatic heterocycles. The highest BCUT2D eigenvalue weighted by molar-refractivity contribution is 7.80. The Labute approximate surface area is 170 Å². The molecule has 0 saturated carbocycles. The molecule has 2 N–H and O–H groups in total. The Bertz CT molecular complexity index is 355. The zero-order valence-electron chi connectivity index (χ0n) is 18.3. The third-order valence-electron chi connectivity index (χ3n) is 4.51. The molecule has 0 amide bonds. The maximum atomic E-state index is 10.3. The van der Waals surface area contributed by atoms with Crippen molar-refractivity contribution >= 4 is 10.4 Å². The Hall–Kier alpha value is -0.170. The van der Waals surface area contributed by atoms with Gasteiger partial charge in [-0.2, -0.15) is 8.42 Å². The first-order chi connectivity index (χ1) is 13.0. The largest absolute Gasteiger partial charge is 0.397 e. The fourth-order valence-corrected chi connectivity index (χ4v) is 3.16. The lowest BCUT2D eigenvalue weighted by Crippen LogP contribution is -2.06. The minimum Gasteiger partial charge on any atom is -0.320 e. The first-order valence-corrected chi connectivity index (χ1v) is 12.6. The molecule has 0 radical (unpaired) electrons. The van der Waals surface area contributed by atoms with Crippen LogP contribution in [0.15, 0.2) is 0 Å². The fourth-order valence-electron chi connectivity index (χ4n) is 2.84. The van der Waals surface area contributed by atoms with E-state index in [0.29, 0.717) is 6.42 Å². The van der Waals surface area contributed by atoms with Crippen molar-refractivity contribution in [3.8, 4) is 0 Å². The second kappa shape index (κ2) is 23.9. The van der Waals surface area contributed by atoms with Crippen LogP contribution in [0.3, 0.4) is 0 Å². The second-order valence-electron chi connectivity index (χ2n) is 7.30. The van der Waals surface area contributed by atoms with Gasteiger partial charge in [0.05, 0.1) is 6.61 Å². The highest BCUT2D eigenvalue weighted by atomic mass is 32.3. The van der Waals surface area contributed by atoms with Crippen LogP contribution < -0.4 is 5.32 Å². The van der Waals surface area contributed by atoms with Gasteiger partial charge in [0.1, 0.15) is 0 Å². The third kappa shape index (κ3) is 33.8. The fraction of sp³-hybridized carbons (Fsp3) is 1.00. The van der Waals surface area contributed by atoms with Crippen LogP contribution in [0, 0.1) is 0 Å². The van der Waals surface area contributed by atoms with Gasteiger partial charge in [-0.3, -0.25) is 4.55 Å². The molecule has 0 aliphatic carbocycles. The van der Waals surface area contributed by atoms with Crippen molar-refractivity contribution < 1.29 is 17.2 Å². The van der Waals surface area contributed by atoms with Gasteiger partial charge in [0.25, 0.3) is 0 Å². The molecule has 0 saturated heterocycles. The molecule has 6 heteroatoms. The predicted molar refractivity (Wildman–Crippen MR) is 117 cm³/mol. The van der Waals surface area contributed by atoms with Crippen molar-refractivity contribution in [2.75, 3.05) is 20.2 Å². The van der Waals surface area contributed by atoms with Crippen LogP contribution in [-0.4, -0.2) is 33.2 Å². The normalized spacial score (nSPS) is 11.3. The third-order valence-corrected chi connectivity index (χ3v) is 4.98. The number of rotatable bonds is 19. The zero-order chi connectivity index (χ0) is 20.6. The van der Waals surface area contributed by atoms with Crippen LogP contribution in [-0.2, 0) is 14.6 Å². The maximum Gasteiger partial charge on any atom is 0.397 e. The van der Waals surface area contributed by atoms with Crippen molar-refractivity contribution in [2.24, 2.45) is 0 Å². The number of hydrogen-bond donors (Lipinski definition) is 2. The topological polar surface area (TPSA) is 75.6 Å². The minimum absolute atomic E-state index is 0.0935. The molecule has 0 heterocycles. The zero-order valence-corrected chi connectivity index (χ0v) is 19.1. The number of nitrogens with one attached hydrogen (secondary N) is 1. The van der Waals surface area contributed by atoms with Crippen molar-refractivity contribution in [3.63, 3.8) is 0 Å². The van der Waals surface area contributed by atoms with Crippen LogP contribution in [0.2, 0.25) is 0 Å². The number of hydrogen-bond acceptors (Lipinski definition) is 4. The molecule has 0 atom stereocenters. The molecule has 27 heavy (non-hydrogen) atoms. The summed E-state index contributed by atoms with van der Waals surface area (Å²) < 4.78 is 33.1. The quantitative estimate of drug-likeness (QED) is 0.193. The summed E-state index contributed by atoms with van der Waals surface area (Å²) in [4.78, 5) is 0. The smallest absolute Gasteiger partial charge is 0.320 e. The summed E-state index contributed by atoms with van der Waals surface area (Å²) in [6.07, 6.45) is 20.2. The Morgan fingerprint density at radius 1 is 0.667 bits per heavy atom. The van der Waals surface area contributed by atoms with Crippen molar-refractivity contribution in [1.29, 1.82) is 0 Å². The van der Waals surface area contributed by atoms with Crippen LogP contribution in [0.4, 0.5) is 0 Å². The SMILES string of the molecule is CCCCCCCCCCCCCCOS(=O)(=O)O.CCCCCCNC. The summed E-state index contributed by atoms with van der Waals surface area (Å²) >= 11 is 0. The van der Waals surface area contributed by atoms with E-state index in [9.17, 15) is 8.42 Å². The van der Waals surface area contributed by atoms with Crippen molar-refractivity contribution in [2.45, 2.75) is 117 Å². The summed E-state index contributed by atoms with van der Waals surface area (Å²) in [6, 6.07) is 0. The Morgan fingerprint density at radius 2 is 1.04 bits per heavy atom. The molecule has 0 rings (SSSR count). The van der Waals surface area contributed by atoms with E-state index >= 15 is 0 Å². The summed E-state index contributed by atoms with van der Waals surface area (Å²) in [6.45, 7) is 5.75. The predicted octanol–water partition coefficient (Wildman–Crippen LogP) is 6.29. The van der Waals surface area contributed by atoms with Crippen molar-refractivity contribution in [3.05, 3.63) is 0 Å². The summed E-state index contributed by atoms with van der Waals surface area (Å²) in [5.41, 5.74) is 0. The molecule has 166 valence electrons. The molecule has 0 aromatic rings. The van der Waals surface area contributed by atoms with E-state index in [1.54, 1.807) is 0 Å². The van der Waals surface area contributed by atoms with Crippen LogP contribution >= 0.6 is 0 Å². The van der Waals surface area contributed by atoms with E-state index in [-0.39, 0.29) is 6.61 Å². The Balaban J connectivity index is 0.